The summed E-state index contributed by atoms with van der Waals surface area (Å²) in [6.45, 7) is 6.10. The molecule has 14 heteroatoms. The Bertz CT molecular complexity index is 1490. The van der Waals surface area contributed by atoms with Gasteiger partial charge < -0.3 is 30.7 Å². The van der Waals surface area contributed by atoms with Crippen molar-refractivity contribution in [1.82, 2.24) is 9.97 Å². The largest absolute Gasteiger partial charge is 0.398 e. The van der Waals surface area contributed by atoms with E-state index in [9.17, 15) is 16.8 Å². The molecule has 0 aliphatic carbocycles. The normalized spacial score (nSPS) is 22.5. The number of hydrogen-bond acceptors (Lipinski definition) is 12. The fraction of sp³-hybridized carbons (Fsp3) is 0.571. The number of rotatable bonds is 4. The average Bonchev–Trinajstić information content (AvgIpc) is 2.99. The summed E-state index contributed by atoms with van der Waals surface area (Å²) in [7, 11) is -5.77. The third kappa shape index (κ3) is 7.71. The lowest BCUT2D eigenvalue weighted by molar-refractivity contribution is 0.122. The number of nitrogens with zero attached hydrogens (tertiary/aromatic N) is 4. The molecule has 6 rings (SSSR count). The van der Waals surface area contributed by atoms with Crippen LogP contribution in [-0.4, -0.2) is 102 Å². The monoisotopic (exact) mass is 620 g/mol. The molecule has 0 amide bonds. The van der Waals surface area contributed by atoms with E-state index in [-0.39, 0.29) is 28.9 Å². The highest BCUT2D eigenvalue weighted by molar-refractivity contribution is 7.91. The first kappa shape index (κ1) is 30.5. The molecule has 0 unspecified atom stereocenters. The Hall–Kier alpha value is -2.94. The first-order valence-electron chi connectivity index (χ1n) is 14.4. The van der Waals surface area contributed by atoms with Crippen LogP contribution >= 0.6 is 0 Å². The second-order valence-corrected chi connectivity index (χ2v) is 15.6. The molecule has 2 aromatic rings. The topological polar surface area (TPSA) is 171 Å². The van der Waals surface area contributed by atoms with Crippen molar-refractivity contribution in [3.63, 3.8) is 0 Å². The highest BCUT2D eigenvalue weighted by atomic mass is 32.2. The Morgan fingerprint density at radius 2 is 1.29 bits per heavy atom. The van der Waals surface area contributed by atoms with Crippen LogP contribution in [0.5, 0.6) is 0 Å². The second kappa shape index (κ2) is 13.1. The maximum Gasteiger partial charge on any atom is 0.154 e. The van der Waals surface area contributed by atoms with Crippen LogP contribution in [0.3, 0.4) is 0 Å². The maximum absolute atomic E-state index is 11.5. The van der Waals surface area contributed by atoms with Crippen LogP contribution in [0, 0.1) is 0 Å². The molecule has 0 saturated carbocycles. The highest BCUT2D eigenvalue weighted by Gasteiger charge is 2.27. The number of morpholine rings is 2. The summed E-state index contributed by atoms with van der Waals surface area (Å²) in [4.78, 5) is 13.3. The number of pyridine rings is 2. The molecule has 4 N–H and O–H groups in total. The van der Waals surface area contributed by atoms with E-state index in [0.717, 1.165) is 60.2 Å². The van der Waals surface area contributed by atoms with Crippen molar-refractivity contribution in [3.8, 4) is 0 Å². The number of hydrogen-bond donors (Lipinski definition) is 2. The third-order valence-corrected chi connectivity index (χ3v) is 11.4. The smallest absolute Gasteiger partial charge is 0.154 e. The molecule has 3 saturated heterocycles. The fourth-order valence-corrected chi connectivity index (χ4v) is 8.24. The Morgan fingerprint density at radius 1 is 0.738 bits per heavy atom. The van der Waals surface area contributed by atoms with E-state index in [2.05, 4.69) is 19.8 Å². The minimum atomic E-state index is -2.92. The van der Waals surface area contributed by atoms with Crippen molar-refractivity contribution in [3.05, 3.63) is 41.7 Å². The number of sulfone groups is 2. The molecule has 0 atom stereocenters. The van der Waals surface area contributed by atoms with Gasteiger partial charge in [0.1, 0.15) is 21.5 Å². The van der Waals surface area contributed by atoms with Crippen molar-refractivity contribution < 1.29 is 26.3 Å². The van der Waals surface area contributed by atoms with Gasteiger partial charge in [0.05, 0.1) is 49.4 Å². The van der Waals surface area contributed by atoms with Gasteiger partial charge in [-0.25, -0.2) is 26.8 Å². The van der Waals surface area contributed by atoms with Crippen molar-refractivity contribution in [2.24, 2.45) is 0 Å². The average molecular weight is 621 g/mol. The molecular weight excluding hydrogens is 580 g/mol. The van der Waals surface area contributed by atoms with Gasteiger partial charge in [0, 0.05) is 67.6 Å². The quantitative estimate of drug-likeness (QED) is 0.505. The van der Waals surface area contributed by atoms with Gasteiger partial charge in [-0.15, -0.1) is 0 Å². The van der Waals surface area contributed by atoms with Crippen LogP contribution in [0.2, 0.25) is 0 Å². The summed E-state index contributed by atoms with van der Waals surface area (Å²) in [6, 6.07) is 3.77. The summed E-state index contributed by atoms with van der Waals surface area (Å²) in [5, 5.41) is 0. The zero-order chi connectivity index (χ0) is 29.7. The van der Waals surface area contributed by atoms with Crippen LogP contribution < -0.4 is 21.3 Å². The van der Waals surface area contributed by atoms with Gasteiger partial charge in [0.15, 0.2) is 9.84 Å². The minimum Gasteiger partial charge on any atom is -0.398 e. The van der Waals surface area contributed by atoms with Gasteiger partial charge in [-0.05, 0) is 36.3 Å². The minimum absolute atomic E-state index is 0.0903. The summed E-state index contributed by atoms with van der Waals surface area (Å²) >= 11 is 0. The van der Waals surface area contributed by atoms with Crippen LogP contribution in [0.25, 0.3) is 5.57 Å². The molecule has 6 heterocycles. The molecule has 0 radical (unpaired) electrons. The molecule has 230 valence electrons. The van der Waals surface area contributed by atoms with Gasteiger partial charge in [0.25, 0.3) is 0 Å². The summed E-state index contributed by atoms with van der Waals surface area (Å²) < 4.78 is 56.6. The molecule has 2 aromatic heterocycles. The number of nitrogen functional groups attached to an aromatic ring is 2. The Labute approximate surface area is 247 Å². The zero-order valence-corrected chi connectivity index (χ0v) is 25.4. The maximum atomic E-state index is 11.5. The Balaban J connectivity index is 0.000000168. The predicted molar refractivity (Wildman–Crippen MR) is 165 cm³/mol. The molecule has 4 aliphatic heterocycles. The second-order valence-electron chi connectivity index (χ2n) is 11.0. The third-order valence-electron chi connectivity index (χ3n) is 8.15. The van der Waals surface area contributed by atoms with Crippen LogP contribution in [0.4, 0.5) is 23.0 Å². The van der Waals surface area contributed by atoms with Crippen molar-refractivity contribution >= 4 is 48.3 Å². The molecule has 12 nitrogen and oxygen atoms in total. The fourth-order valence-electron chi connectivity index (χ4n) is 5.59. The van der Waals surface area contributed by atoms with Crippen molar-refractivity contribution in [1.29, 1.82) is 0 Å². The molecular formula is C28H40N6O6S2. The number of allylic oxidation sites excluding steroid dienone is 1. The van der Waals surface area contributed by atoms with E-state index in [0.29, 0.717) is 51.4 Å². The van der Waals surface area contributed by atoms with E-state index in [4.69, 9.17) is 20.9 Å². The van der Waals surface area contributed by atoms with Crippen LogP contribution in [0.15, 0.2) is 30.6 Å². The standard InChI is InChI=1S/C14H21N3O3S.C14H19N3O3S/c2*15-13-9-14(17-3-5-20-6-4-17)16-10-12(13)11-1-7-21(18,19)8-2-11/h9-11H,1-8H2,(H2,15,16);1,9-10H,2-8H2,(H2,15,16). The SMILES string of the molecule is Nc1cc(N2CCOCC2)ncc1C1=CCS(=O)(=O)CC1.Nc1cc(N2CCOCC2)ncc1C1CCS(=O)(=O)CC1. The molecule has 4 aliphatic rings. The summed E-state index contributed by atoms with van der Waals surface area (Å²) in [5.41, 5.74) is 16.5. The summed E-state index contributed by atoms with van der Waals surface area (Å²) in [6.07, 6.45) is 7.12. The number of anilines is 4. The van der Waals surface area contributed by atoms with Crippen LogP contribution in [0.1, 0.15) is 36.3 Å². The zero-order valence-electron chi connectivity index (χ0n) is 23.8. The number of nitrogens with two attached hydrogens (primary N) is 2. The van der Waals surface area contributed by atoms with Gasteiger partial charge in [-0.2, -0.15) is 0 Å². The Kier molecular flexibility index (Phi) is 9.55. The molecule has 3 fully saturated rings. The summed E-state index contributed by atoms with van der Waals surface area (Å²) in [5.74, 6) is 2.72. The molecule has 0 spiro atoms. The van der Waals surface area contributed by atoms with E-state index in [1.165, 1.54) is 0 Å². The lowest BCUT2D eigenvalue weighted by atomic mass is 9.93. The number of ether oxygens (including phenoxy) is 2. The first-order valence-corrected chi connectivity index (χ1v) is 18.0. The lowest BCUT2D eigenvalue weighted by Gasteiger charge is -2.29. The van der Waals surface area contributed by atoms with E-state index >= 15 is 0 Å². The van der Waals surface area contributed by atoms with Gasteiger partial charge in [0.2, 0.25) is 0 Å². The van der Waals surface area contributed by atoms with E-state index in [1.807, 2.05) is 18.3 Å². The van der Waals surface area contributed by atoms with Gasteiger partial charge in [-0.3, -0.25) is 0 Å². The lowest BCUT2D eigenvalue weighted by Crippen LogP contribution is -2.36. The van der Waals surface area contributed by atoms with E-state index < -0.39 is 19.7 Å². The number of aromatic nitrogens is 2. The highest BCUT2D eigenvalue weighted by Crippen LogP contribution is 2.34. The van der Waals surface area contributed by atoms with Gasteiger partial charge in [-0.1, -0.05) is 6.08 Å². The van der Waals surface area contributed by atoms with Crippen molar-refractivity contribution in [2.75, 3.05) is 96.9 Å². The molecule has 42 heavy (non-hydrogen) atoms. The molecule has 0 bridgehead atoms. The molecule has 0 aromatic carbocycles. The first-order chi connectivity index (χ1) is 20.1. The van der Waals surface area contributed by atoms with Crippen molar-refractivity contribution in [2.45, 2.75) is 25.2 Å². The predicted octanol–water partition coefficient (Wildman–Crippen LogP) is 1.49. The Morgan fingerprint density at radius 3 is 1.79 bits per heavy atom. The van der Waals surface area contributed by atoms with E-state index in [1.54, 1.807) is 12.3 Å². The van der Waals surface area contributed by atoms with Crippen LogP contribution in [-0.2, 0) is 29.1 Å². The van der Waals surface area contributed by atoms with Gasteiger partial charge >= 0.3 is 0 Å².